The molecule has 4 unspecified atom stereocenters. The highest BCUT2D eigenvalue weighted by Gasteiger charge is 2.64. The molecule has 144 valence electrons. The van der Waals surface area contributed by atoms with Crippen LogP contribution in [0.4, 0.5) is 0 Å². The normalized spacial score (nSPS) is 36.8. The van der Waals surface area contributed by atoms with Gasteiger partial charge in [0, 0.05) is 12.0 Å². The molecule has 3 rings (SSSR count). The maximum absolute atomic E-state index is 12.2. The summed E-state index contributed by atoms with van der Waals surface area (Å²) in [6.07, 6.45) is 4.09. The third-order valence-corrected chi connectivity index (χ3v) is 7.22. The summed E-state index contributed by atoms with van der Waals surface area (Å²) in [5.74, 6) is 0.725. The van der Waals surface area contributed by atoms with E-state index in [1.54, 1.807) is 6.07 Å². The summed E-state index contributed by atoms with van der Waals surface area (Å²) >= 11 is 0. The Labute approximate surface area is 157 Å². The second-order valence-electron chi connectivity index (χ2n) is 9.94. The fourth-order valence-electron chi connectivity index (χ4n) is 5.11. The number of esters is 1. The van der Waals surface area contributed by atoms with Crippen LogP contribution in [0.25, 0.3) is 0 Å². The molecule has 0 saturated heterocycles. The van der Waals surface area contributed by atoms with Gasteiger partial charge in [0.2, 0.25) is 0 Å². The second-order valence-corrected chi connectivity index (χ2v) is 9.94. The molecule has 2 fully saturated rings. The van der Waals surface area contributed by atoms with Gasteiger partial charge in [0.1, 0.15) is 5.75 Å². The topological polar surface area (TPSA) is 72.5 Å². The molecule has 1 aromatic carbocycles. The molecular formula is C22H33NO3. The summed E-state index contributed by atoms with van der Waals surface area (Å²) in [5.41, 5.74) is 5.08. The Morgan fingerprint density at radius 1 is 1.31 bits per heavy atom. The maximum Gasteiger partial charge on any atom is 0.316 e. The van der Waals surface area contributed by atoms with Crippen LogP contribution in [0, 0.1) is 22.2 Å². The summed E-state index contributed by atoms with van der Waals surface area (Å²) < 4.78 is 5.57. The zero-order valence-electron chi connectivity index (χ0n) is 16.8. The van der Waals surface area contributed by atoms with Gasteiger partial charge in [-0.2, -0.15) is 0 Å². The Morgan fingerprint density at radius 3 is 2.62 bits per heavy atom. The van der Waals surface area contributed by atoms with E-state index in [1.807, 2.05) is 39.0 Å². The summed E-state index contributed by atoms with van der Waals surface area (Å²) in [6.45, 7) is 10.3. The average Bonchev–Trinajstić information content (AvgIpc) is 2.91. The van der Waals surface area contributed by atoms with Gasteiger partial charge < -0.3 is 15.6 Å². The summed E-state index contributed by atoms with van der Waals surface area (Å²) in [4.78, 5) is 12.2. The van der Waals surface area contributed by atoms with Crippen LogP contribution in [0.15, 0.2) is 24.3 Å². The zero-order chi connectivity index (χ0) is 19.4. The SMILES string of the molecule is CC(C)(C)C(=O)Oc1cccc(C2(O)CC3CCC(C)(C3)C2(C)CN)c1. The molecule has 0 aliphatic heterocycles. The third kappa shape index (κ3) is 2.78. The molecule has 0 amide bonds. The number of carbonyl (C=O) groups is 1. The highest BCUT2D eigenvalue weighted by Crippen LogP contribution is 2.66. The van der Waals surface area contributed by atoms with Gasteiger partial charge in [-0.15, -0.1) is 0 Å². The summed E-state index contributed by atoms with van der Waals surface area (Å²) in [7, 11) is 0. The molecule has 4 atom stereocenters. The molecule has 4 nitrogen and oxygen atoms in total. The molecule has 4 heteroatoms. The zero-order valence-corrected chi connectivity index (χ0v) is 16.8. The van der Waals surface area contributed by atoms with Crippen molar-refractivity contribution in [3.63, 3.8) is 0 Å². The van der Waals surface area contributed by atoms with Gasteiger partial charge in [-0.1, -0.05) is 26.0 Å². The van der Waals surface area contributed by atoms with E-state index < -0.39 is 16.4 Å². The molecule has 2 bridgehead atoms. The number of ether oxygens (including phenoxy) is 1. The third-order valence-electron chi connectivity index (χ3n) is 7.22. The Morgan fingerprint density at radius 2 is 2.00 bits per heavy atom. The van der Waals surface area contributed by atoms with E-state index in [1.165, 1.54) is 0 Å². The van der Waals surface area contributed by atoms with Gasteiger partial charge in [0.25, 0.3) is 0 Å². The lowest BCUT2D eigenvalue weighted by atomic mass is 9.50. The van der Waals surface area contributed by atoms with Crippen molar-refractivity contribution in [1.82, 2.24) is 0 Å². The Kier molecular flexibility index (Phi) is 4.52. The van der Waals surface area contributed by atoms with Crippen molar-refractivity contribution in [2.45, 2.75) is 65.9 Å². The lowest BCUT2D eigenvalue weighted by molar-refractivity contribution is -0.172. The van der Waals surface area contributed by atoms with Crippen molar-refractivity contribution in [1.29, 1.82) is 0 Å². The molecule has 2 aliphatic carbocycles. The van der Waals surface area contributed by atoms with Crippen molar-refractivity contribution in [2.75, 3.05) is 6.54 Å². The van der Waals surface area contributed by atoms with Crippen LogP contribution in [0.3, 0.4) is 0 Å². The number of hydrogen-bond acceptors (Lipinski definition) is 4. The number of hydrogen-bond donors (Lipinski definition) is 2. The monoisotopic (exact) mass is 359 g/mol. The minimum absolute atomic E-state index is 0.0253. The fourth-order valence-corrected chi connectivity index (χ4v) is 5.11. The van der Waals surface area contributed by atoms with Gasteiger partial charge in [0.05, 0.1) is 11.0 Å². The van der Waals surface area contributed by atoms with Crippen molar-refractivity contribution in [3.05, 3.63) is 29.8 Å². The first-order valence-corrected chi connectivity index (χ1v) is 9.70. The first-order chi connectivity index (χ1) is 12.0. The second kappa shape index (κ2) is 6.07. The molecular weight excluding hydrogens is 326 g/mol. The smallest absolute Gasteiger partial charge is 0.316 e. The number of nitrogens with two attached hydrogens (primary N) is 1. The fraction of sp³-hybridized carbons (Fsp3) is 0.682. The van der Waals surface area contributed by atoms with Crippen molar-refractivity contribution in [3.8, 4) is 5.75 Å². The van der Waals surface area contributed by atoms with E-state index in [-0.39, 0.29) is 11.4 Å². The average molecular weight is 360 g/mol. The molecule has 0 heterocycles. The molecule has 0 spiro atoms. The van der Waals surface area contributed by atoms with Crippen LogP contribution in [0.1, 0.15) is 65.9 Å². The van der Waals surface area contributed by atoms with Gasteiger partial charge in [-0.25, -0.2) is 0 Å². The number of carbonyl (C=O) groups excluding carboxylic acids is 1. The van der Waals surface area contributed by atoms with Crippen molar-refractivity contribution in [2.24, 2.45) is 27.9 Å². The van der Waals surface area contributed by atoms with Crippen LogP contribution in [-0.2, 0) is 10.4 Å². The van der Waals surface area contributed by atoms with Gasteiger partial charge in [0.15, 0.2) is 0 Å². The highest BCUT2D eigenvalue weighted by molar-refractivity contribution is 5.77. The number of rotatable bonds is 3. The largest absolute Gasteiger partial charge is 0.426 e. The predicted octanol–water partition coefficient (Wildman–Crippen LogP) is 4.00. The quantitative estimate of drug-likeness (QED) is 0.632. The van der Waals surface area contributed by atoms with Crippen LogP contribution < -0.4 is 10.5 Å². The highest BCUT2D eigenvalue weighted by atomic mass is 16.5. The molecule has 2 aliphatic rings. The van der Waals surface area contributed by atoms with Crippen LogP contribution in [-0.4, -0.2) is 17.6 Å². The molecule has 0 radical (unpaired) electrons. The Balaban J connectivity index is 2.00. The standard InChI is InChI=1S/C22H33NO3/c1-19(2,3)18(24)26-17-8-6-7-16(11-17)22(25)13-15-9-10-20(4,12-15)21(22,5)14-23/h6-8,11,15,25H,9-10,12-14,23H2,1-5H3. The first-order valence-electron chi connectivity index (χ1n) is 9.70. The van der Waals surface area contributed by atoms with E-state index >= 15 is 0 Å². The minimum atomic E-state index is -1.01. The van der Waals surface area contributed by atoms with Gasteiger partial charge in [-0.3, -0.25) is 4.79 Å². The molecule has 2 saturated carbocycles. The van der Waals surface area contributed by atoms with E-state index in [2.05, 4.69) is 13.8 Å². The van der Waals surface area contributed by atoms with Crippen LogP contribution in [0.5, 0.6) is 5.75 Å². The van der Waals surface area contributed by atoms with E-state index in [0.717, 1.165) is 24.8 Å². The molecule has 0 aromatic heterocycles. The summed E-state index contributed by atoms with van der Waals surface area (Å²) in [6, 6.07) is 7.39. The Hall–Kier alpha value is -1.39. The van der Waals surface area contributed by atoms with E-state index in [4.69, 9.17) is 10.5 Å². The minimum Gasteiger partial charge on any atom is -0.426 e. The van der Waals surface area contributed by atoms with Crippen LogP contribution in [0.2, 0.25) is 0 Å². The van der Waals surface area contributed by atoms with Crippen molar-refractivity contribution < 1.29 is 14.6 Å². The number of benzene rings is 1. The molecule has 26 heavy (non-hydrogen) atoms. The lowest BCUT2D eigenvalue weighted by Gasteiger charge is -2.57. The molecule has 3 N–H and O–H groups in total. The van der Waals surface area contributed by atoms with Crippen LogP contribution >= 0.6 is 0 Å². The van der Waals surface area contributed by atoms with Gasteiger partial charge >= 0.3 is 5.97 Å². The van der Waals surface area contributed by atoms with Gasteiger partial charge in [-0.05, 0) is 75.5 Å². The Bertz CT molecular complexity index is 710. The first kappa shape index (κ1) is 19.4. The molecule has 1 aromatic rings. The summed E-state index contributed by atoms with van der Waals surface area (Å²) in [5, 5.41) is 11.9. The maximum atomic E-state index is 12.2. The lowest BCUT2D eigenvalue weighted by Crippen LogP contribution is -2.59. The number of aliphatic hydroxyl groups is 1. The van der Waals surface area contributed by atoms with E-state index in [0.29, 0.717) is 24.6 Å². The van der Waals surface area contributed by atoms with E-state index in [9.17, 15) is 9.90 Å². The number of fused-ring (bicyclic) bond motifs is 2. The predicted molar refractivity (Wildman–Crippen MR) is 103 cm³/mol. The van der Waals surface area contributed by atoms with Crippen molar-refractivity contribution >= 4 is 5.97 Å².